The lowest BCUT2D eigenvalue weighted by molar-refractivity contribution is -0.333. The zero-order chi connectivity index (χ0) is 13.9. The van der Waals surface area contributed by atoms with Crippen LogP contribution in [0.4, 0.5) is 26.3 Å². The second kappa shape index (κ2) is 4.97. The quantitative estimate of drug-likeness (QED) is 0.442. The number of esters is 1. The van der Waals surface area contributed by atoms with Crippen LogP contribution in [-0.2, 0) is 9.53 Å². The third-order valence-electron chi connectivity index (χ3n) is 2.23. The summed E-state index contributed by atoms with van der Waals surface area (Å²) in [6.07, 6.45) is -12.8. The van der Waals surface area contributed by atoms with Crippen molar-refractivity contribution in [1.29, 1.82) is 0 Å². The summed E-state index contributed by atoms with van der Waals surface area (Å²) in [5, 5.41) is 0. The van der Waals surface area contributed by atoms with Crippen LogP contribution in [0.3, 0.4) is 0 Å². The number of allylic oxidation sites excluding steroid dienone is 1. The third kappa shape index (κ3) is 2.73. The molecular formula is C9H10F6O2. The van der Waals surface area contributed by atoms with Crippen molar-refractivity contribution in [3.05, 3.63) is 12.7 Å². The van der Waals surface area contributed by atoms with Crippen molar-refractivity contribution >= 4 is 5.97 Å². The van der Waals surface area contributed by atoms with Gasteiger partial charge in [-0.2, -0.15) is 26.3 Å². The van der Waals surface area contributed by atoms with Crippen molar-refractivity contribution in [3.8, 4) is 0 Å². The largest absolute Gasteiger partial charge is 0.468 e. The Morgan fingerprint density at radius 2 is 1.59 bits per heavy atom. The van der Waals surface area contributed by atoms with E-state index >= 15 is 0 Å². The minimum absolute atomic E-state index is 0.475. The molecule has 0 atom stereocenters. The molecule has 100 valence electrons. The topological polar surface area (TPSA) is 26.3 Å². The lowest BCUT2D eigenvalue weighted by atomic mass is 9.81. The zero-order valence-electron chi connectivity index (χ0n) is 8.78. The first-order chi connectivity index (χ1) is 7.54. The van der Waals surface area contributed by atoms with Crippen LogP contribution in [0, 0.1) is 5.41 Å². The molecule has 0 aliphatic carbocycles. The summed E-state index contributed by atoms with van der Waals surface area (Å²) in [5.74, 6) is -2.36. The fraction of sp³-hybridized carbons (Fsp3) is 0.667. The van der Waals surface area contributed by atoms with E-state index in [4.69, 9.17) is 0 Å². The van der Waals surface area contributed by atoms with Crippen LogP contribution < -0.4 is 0 Å². The number of carbonyl (C=O) groups is 1. The molecule has 0 heterocycles. The van der Waals surface area contributed by atoms with E-state index in [2.05, 4.69) is 11.3 Å². The van der Waals surface area contributed by atoms with Gasteiger partial charge in [-0.05, 0) is 12.8 Å². The molecule has 0 fully saturated rings. The van der Waals surface area contributed by atoms with Gasteiger partial charge in [-0.15, -0.1) is 6.58 Å². The van der Waals surface area contributed by atoms with Crippen LogP contribution in [0.15, 0.2) is 12.7 Å². The minimum Gasteiger partial charge on any atom is -0.468 e. The van der Waals surface area contributed by atoms with Crippen LogP contribution in [-0.4, -0.2) is 25.4 Å². The SMILES string of the molecule is C=CCCC(C(=O)OC)(C(F)(F)F)C(F)(F)F. The number of hydrogen-bond donors (Lipinski definition) is 0. The Morgan fingerprint density at radius 1 is 1.18 bits per heavy atom. The Morgan fingerprint density at radius 3 is 1.82 bits per heavy atom. The van der Waals surface area contributed by atoms with Crippen LogP contribution in [0.2, 0.25) is 0 Å². The third-order valence-corrected chi connectivity index (χ3v) is 2.23. The first kappa shape index (κ1) is 15.8. The number of hydrogen-bond acceptors (Lipinski definition) is 2. The lowest BCUT2D eigenvalue weighted by Gasteiger charge is -2.34. The maximum absolute atomic E-state index is 12.6. The van der Waals surface area contributed by atoms with E-state index in [0.717, 1.165) is 6.08 Å². The summed E-state index contributed by atoms with van der Waals surface area (Å²) in [6, 6.07) is 0. The van der Waals surface area contributed by atoms with Gasteiger partial charge in [0.05, 0.1) is 7.11 Å². The Balaban J connectivity index is 5.72. The molecule has 0 unspecified atom stereocenters. The van der Waals surface area contributed by atoms with E-state index in [0.29, 0.717) is 7.11 Å². The molecule has 0 aliphatic heterocycles. The highest BCUT2D eigenvalue weighted by atomic mass is 19.4. The van der Waals surface area contributed by atoms with Crippen LogP contribution in [0.5, 0.6) is 0 Å². The van der Waals surface area contributed by atoms with Gasteiger partial charge in [-0.25, -0.2) is 0 Å². The number of ether oxygens (including phenoxy) is 1. The smallest absolute Gasteiger partial charge is 0.413 e. The fourth-order valence-corrected chi connectivity index (χ4v) is 1.27. The molecule has 0 spiro atoms. The van der Waals surface area contributed by atoms with Crippen molar-refractivity contribution < 1.29 is 35.9 Å². The molecule has 0 rings (SSSR count). The Bertz CT molecular complexity index is 277. The Hall–Kier alpha value is -1.21. The van der Waals surface area contributed by atoms with Crippen molar-refractivity contribution in [1.82, 2.24) is 0 Å². The van der Waals surface area contributed by atoms with Gasteiger partial charge < -0.3 is 4.74 Å². The highest BCUT2D eigenvalue weighted by Gasteiger charge is 2.75. The second-order valence-electron chi connectivity index (χ2n) is 3.22. The first-order valence-electron chi connectivity index (χ1n) is 4.37. The van der Waals surface area contributed by atoms with Gasteiger partial charge in [0.15, 0.2) is 0 Å². The molecule has 0 N–H and O–H groups in total. The minimum atomic E-state index is -5.78. The zero-order valence-corrected chi connectivity index (χ0v) is 8.78. The van der Waals surface area contributed by atoms with Gasteiger partial charge in [0.2, 0.25) is 0 Å². The summed E-state index contributed by atoms with van der Waals surface area (Å²) >= 11 is 0. The molecule has 0 aromatic heterocycles. The molecule has 2 nitrogen and oxygen atoms in total. The van der Waals surface area contributed by atoms with E-state index in [9.17, 15) is 31.1 Å². The highest BCUT2D eigenvalue weighted by molar-refractivity contribution is 5.78. The number of halogens is 6. The Labute approximate surface area is 93.2 Å². The lowest BCUT2D eigenvalue weighted by Crippen LogP contribution is -2.56. The van der Waals surface area contributed by atoms with Gasteiger partial charge >= 0.3 is 18.3 Å². The summed E-state index contributed by atoms with van der Waals surface area (Å²) in [6.45, 7) is 3.03. The predicted octanol–water partition coefficient (Wildman–Crippen LogP) is 3.24. The molecule has 0 saturated heterocycles. The molecule has 0 aliphatic rings. The molecule has 0 aromatic rings. The molecule has 0 aromatic carbocycles. The van der Waals surface area contributed by atoms with Gasteiger partial charge in [0.1, 0.15) is 0 Å². The second-order valence-corrected chi connectivity index (χ2v) is 3.22. The van der Waals surface area contributed by atoms with Gasteiger partial charge in [0.25, 0.3) is 5.41 Å². The molecule has 17 heavy (non-hydrogen) atoms. The maximum atomic E-state index is 12.6. The summed E-state index contributed by atoms with van der Waals surface area (Å²) in [4.78, 5) is 10.9. The molecule has 8 heteroatoms. The van der Waals surface area contributed by atoms with Gasteiger partial charge in [-0.1, -0.05) is 6.08 Å². The number of methoxy groups -OCH3 is 1. The van der Waals surface area contributed by atoms with E-state index < -0.39 is 36.6 Å². The van der Waals surface area contributed by atoms with E-state index in [1.807, 2.05) is 0 Å². The normalized spacial score (nSPS) is 13.4. The maximum Gasteiger partial charge on any atom is 0.413 e. The van der Waals surface area contributed by atoms with E-state index in [1.165, 1.54) is 0 Å². The van der Waals surface area contributed by atoms with Gasteiger partial charge in [0, 0.05) is 0 Å². The van der Waals surface area contributed by atoms with Crippen molar-refractivity contribution in [2.75, 3.05) is 7.11 Å². The van der Waals surface area contributed by atoms with Crippen molar-refractivity contribution in [2.24, 2.45) is 5.41 Å². The first-order valence-corrected chi connectivity index (χ1v) is 4.37. The Kier molecular flexibility index (Phi) is 4.62. The van der Waals surface area contributed by atoms with E-state index in [1.54, 1.807) is 0 Å². The fourth-order valence-electron chi connectivity index (χ4n) is 1.27. The average Bonchev–Trinajstić information content (AvgIpc) is 2.14. The molecular weight excluding hydrogens is 254 g/mol. The van der Waals surface area contributed by atoms with Crippen molar-refractivity contribution in [2.45, 2.75) is 25.2 Å². The average molecular weight is 264 g/mol. The summed E-state index contributed by atoms with van der Waals surface area (Å²) in [7, 11) is 0.475. The molecule has 0 amide bonds. The van der Waals surface area contributed by atoms with Crippen LogP contribution in [0.1, 0.15) is 12.8 Å². The molecule has 0 radical (unpaired) electrons. The van der Waals surface area contributed by atoms with E-state index in [-0.39, 0.29) is 0 Å². The summed E-state index contributed by atoms with van der Waals surface area (Å²) in [5.41, 5.74) is -4.50. The number of rotatable bonds is 4. The van der Waals surface area contributed by atoms with Gasteiger partial charge in [-0.3, -0.25) is 4.79 Å². The molecule has 0 bridgehead atoms. The molecule has 0 saturated carbocycles. The highest BCUT2D eigenvalue weighted by Crippen LogP contribution is 2.54. The predicted molar refractivity (Wildman–Crippen MR) is 46.0 cm³/mol. The summed E-state index contributed by atoms with van der Waals surface area (Å²) < 4.78 is 79.1. The number of carbonyl (C=O) groups excluding carboxylic acids is 1. The van der Waals surface area contributed by atoms with Crippen molar-refractivity contribution in [3.63, 3.8) is 0 Å². The van der Waals surface area contributed by atoms with Crippen LogP contribution in [0.25, 0.3) is 0 Å². The number of alkyl halides is 6. The monoisotopic (exact) mass is 264 g/mol. The standard InChI is InChI=1S/C9H10F6O2/c1-3-4-5-7(6(16)17-2,8(10,11)12)9(13,14)15/h3H,1,4-5H2,2H3. The van der Waals surface area contributed by atoms with Crippen LogP contribution >= 0.6 is 0 Å².